The van der Waals surface area contributed by atoms with E-state index < -0.39 is 0 Å². The maximum absolute atomic E-state index is 12.2. The summed E-state index contributed by atoms with van der Waals surface area (Å²) >= 11 is 6.04. The molecule has 0 aliphatic heterocycles. The second-order valence-corrected chi connectivity index (χ2v) is 5.70. The van der Waals surface area contributed by atoms with E-state index >= 15 is 0 Å². The summed E-state index contributed by atoms with van der Waals surface area (Å²) in [4.78, 5) is 14.3. The van der Waals surface area contributed by atoms with Crippen molar-refractivity contribution in [1.82, 2.24) is 4.90 Å². The smallest absolute Gasteiger partial charge is 0.176 e. The number of Topliss-reactive ketones (excluding diaryl/α,β-unsaturated/α-hetero) is 1. The van der Waals surface area contributed by atoms with Crippen molar-refractivity contribution >= 4 is 17.4 Å². The number of methoxy groups -OCH3 is 1. The van der Waals surface area contributed by atoms with Crippen LogP contribution in [0.2, 0.25) is 5.02 Å². The van der Waals surface area contributed by atoms with Crippen LogP contribution >= 0.6 is 11.6 Å². The van der Waals surface area contributed by atoms with E-state index in [0.717, 1.165) is 6.42 Å². The second kappa shape index (κ2) is 6.40. The number of hydrogen-bond donors (Lipinski definition) is 0. The molecule has 3 nitrogen and oxygen atoms in total. The van der Waals surface area contributed by atoms with Crippen molar-refractivity contribution < 1.29 is 9.53 Å². The fraction of sp³-hybridized carbons (Fsp3) is 0.533. The molecule has 0 aliphatic rings. The molecule has 0 radical (unpaired) electrons. The third-order valence-corrected chi connectivity index (χ3v) is 4.05. The van der Waals surface area contributed by atoms with E-state index in [0.29, 0.717) is 22.9 Å². The van der Waals surface area contributed by atoms with Crippen molar-refractivity contribution in [3.05, 3.63) is 28.8 Å². The Labute approximate surface area is 120 Å². The lowest BCUT2D eigenvalue weighted by Gasteiger charge is -2.34. The van der Waals surface area contributed by atoms with Gasteiger partial charge in [-0.25, -0.2) is 0 Å². The zero-order valence-electron chi connectivity index (χ0n) is 12.3. The first-order valence-corrected chi connectivity index (χ1v) is 6.77. The molecule has 0 bridgehead atoms. The Morgan fingerprint density at radius 2 is 2.05 bits per heavy atom. The molecule has 0 atom stereocenters. The molecule has 0 spiro atoms. The zero-order chi connectivity index (χ0) is 14.6. The Hall–Kier alpha value is -1.06. The van der Waals surface area contributed by atoms with Gasteiger partial charge in [0.25, 0.3) is 0 Å². The lowest BCUT2D eigenvalue weighted by atomic mass is 9.99. The van der Waals surface area contributed by atoms with Gasteiger partial charge < -0.3 is 4.74 Å². The Morgan fingerprint density at radius 1 is 1.42 bits per heavy atom. The zero-order valence-corrected chi connectivity index (χ0v) is 13.0. The average molecular weight is 284 g/mol. The minimum Gasteiger partial charge on any atom is -0.495 e. The molecule has 1 aromatic carbocycles. The highest BCUT2D eigenvalue weighted by Gasteiger charge is 2.23. The molecule has 0 fully saturated rings. The summed E-state index contributed by atoms with van der Waals surface area (Å²) in [6, 6.07) is 5.13. The minimum atomic E-state index is 0.00588. The molecule has 1 rings (SSSR count). The van der Waals surface area contributed by atoms with Crippen molar-refractivity contribution in [1.29, 1.82) is 0 Å². The third-order valence-electron chi connectivity index (χ3n) is 3.75. The SMILES string of the molecule is CCC(C)(C)N(C)CC(=O)c1ccc(OC)c(Cl)c1. The molecule has 0 heterocycles. The summed E-state index contributed by atoms with van der Waals surface area (Å²) < 4.78 is 5.08. The van der Waals surface area contributed by atoms with E-state index in [2.05, 4.69) is 25.7 Å². The highest BCUT2D eigenvalue weighted by molar-refractivity contribution is 6.32. The molecule has 0 saturated carbocycles. The maximum Gasteiger partial charge on any atom is 0.176 e. The molecule has 106 valence electrons. The van der Waals surface area contributed by atoms with Crippen molar-refractivity contribution in [2.45, 2.75) is 32.7 Å². The third kappa shape index (κ3) is 3.95. The summed E-state index contributed by atoms with van der Waals surface area (Å²) in [5, 5.41) is 0.464. The predicted molar refractivity (Wildman–Crippen MR) is 79.3 cm³/mol. The molecular weight excluding hydrogens is 262 g/mol. The highest BCUT2D eigenvalue weighted by atomic mass is 35.5. The van der Waals surface area contributed by atoms with E-state index in [1.165, 1.54) is 0 Å². The van der Waals surface area contributed by atoms with Crippen molar-refractivity contribution in [3.8, 4) is 5.75 Å². The molecule has 0 aliphatic carbocycles. The molecule has 0 amide bonds. The number of likely N-dealkylation sites (N-methyl/N-ethyl adjacent to an activating group) is 1. The molecule has 4 heteroatoms. The van der Waals surface area contributed by atoms with Crippen LogP contribution < -0.4 is 4.74 Å². The first-order valence-electron chi connectivity index (χ1n) is 6.39. The van der Waals surface area contributed by atoms with Gasteiger partial charge in [0.15, 0.2) is 5.78 Å². The Bertz CT molecular complexity index is 457. The van der Waals surface area contributed by atoms with Crippen LogP contribution in [0.4, 0.5) is 0 Å². The van der Waals surface area contributed by atoms with Gasteiger partial charge in [-0.05, 0) is 45.5 Å². The van der Waals surface area contributed by atoms with E-state index in [-0.39, 0.29) is 11.3 Å². The van der Waals surface area contributed by atoms with Crippen LogP contribution in [0.1, 0.15) is 37.6 Å². The predicted octanol–water partition coefficient (Wildman–Crippen LogP) is 3.65. The average Bonchev–Trinajstić information content (AvgIpc) is 2.38. The van der Waals surface area contributed by atoms with Crippen LogP contribution in [-0.4, -0.2) is 36.9 Å². The van der Waals surface area contributed by atoms with E-state index in [4.69, 9.17) is 16.3 Å². The first-order chi connectivity index (χ1) is 8.81. The van der Waals surface area contributed by atoms with Crippen LogP contribution in [0.15, 0.2) is 18.2 Å². The van der Waals surface area contributed by atoms with Crippen molar-refractivity contribution in [2.75, 3.05) is 20.7 Å². The van der Waals surface area contributed by atoms with Crippen LogP contribution in [0.25, 0.3) is 0 Å². The van der Waals surface area contributed by atoms with Gasteiger partial charge in [-0.1, -0.05) is 18.5 Å². The standard InChI is InChI=1S/C15H22ClNO2/c1-6-15(2,3)17(4)10-13(18)11-7-8-14(19-5)12(16)9-11/h7-9H,6,10H2,1-5H3. The number of ketones is 1. The number of carbonyl (C=O) groups excluding carboxylic acids is 1. The van der Waals surface area contributed by atoms with E-state index in [1.54, 1.807) is 25.3 Å². The Morgan fingerprint density at radius 3 is 2.53 bits per heavy atom. The summed E-state index contributed by atoms with van der Waals surface area (Å²) in [5.41, 5.74) is 0.621. The maximum atomic E-state index is 12.2. The number of hydrogen-bond acceptors (Lipinski definition) is 3. The topological polar surface area (TPSA) is 29.5 Å². The van der Waals surface area contributed by atoms with Crippen molar-refractivity contribution in [3.63, 3.8) is 0 Å². The fourth-order valence-corrected chi connectivity index (χ4v) is 1.89. The molecule has 0 unspecified atom stereocenters. The Balaban J connectivity index is 2.82. The van der Waals surface area contributed by atoms with Gasteiger partial charge in [-0.3, -0.25) is 9.69 Å². The number of rotatable bonds is 6. The second-order valence-electron chi connectivity index (χ2n) is 5.29. The van der Waals surface area contributed by atoms with Crippen LogP contribution in [0.5, 0.6) is 5.75 Å². The normalized spacial score (nSPS) is 11.7. The van der Waals surface area contributed by atoms with Crippen LogP contribution in [-0.2, 0) is 0 Å². The van der Waals surface area contributed by atoms with Gasteiger partial charge in [0.1, 0.15) is 5.75 Å². The number of carbonyl (C=O) groups is 1. The molecule has 19 heavy (non-hydrogen) atoms. The van der Waals surface area contributed by atoms with E-state index in [9.17, 15) is 4.79 Å². The van der Waals surface area contributed by atoms with Crippen LogP contribution in [0.3, 0.4) is 0 Å². The number of nitrogens with zero attached hydrogens (tertiary/aromatic N) is 1. The molecular formula is C15H22ClNO2. The van der Waals surface area contributed by atoms with Gasteiger partial charge in [-0.2, -0.15) is 0 Å². The highest BCUT2D eigenvalue weighted by Crippen LogP contribution is 2.25. The Kier molecular flexibility index (Phi) is 5.39. The largest absolute Gasteiger partial charge is 0.495 e. The summed E-state index contributed by atoms with van der Waals surface area (Å²) in [6.07, 6.45) is 0.986. The van der Waals surface area contributed by atoms with Gasteiger partial charge >= 0.3 is 0 Å². The minimum absolute atomic E-state index is 0.00588. The van der Waals surface area contributed by atoms with Gasteiger partial charge in [-0.15, -0.1) is 0 Å². The quantitative estimate of drug-likeness (QED) is 0.747. The molecule has 0 saturated heterocycles. The molecule has 0 N–H and O–H groups in total. The molecule has 0 aromatic heterocycles. The first kappa shape index (κ1) is 16.0. The summed E-state index contributed by atoms with van der Waals surface area (Å²) in [5.74, 6) is 0.647. The van der Waals surface area contributed by atoms with E-state index in [1.807, 2.05) is 7.05 Å². The monoisotopic (exact) mass is 283 g/mol. The lowest BCUT2D eigenvalue weighted by Crippen LogP contribution is -2.43. The van der Waals surface area contributed by atoms with Crippen molar-refractivity contribution in [2.24, 2.45) is 0 Å². The molecule has 1 aromatic rings. The lowest BCUT2D eigenvalue weighted by molar-refractivity contribution is 0.0847. The number of benzene rings is 1. The van der Waals surface area contributed by atoms with Gasteiger partial charge in [0.2, 0.25) is 0 Å². The van der Waals surface area contributed by atoms with Gasteiger partial charge in [0, 0.05) is 11.1 Å². The fourth-order valence-electron chi connectivity index (χ4n) is 1.63. The number of ether oxygens (including phenoxy) is 1. The number of halogens is 1. The summed E-state index contributed by atoms with van der Waals surface area (Å²) in [7, 11) is 3.52. The van der Waals surface area contributed by atoms with Crippen LogP contribution in [0, 0.1) is 0 Å². The van der Waals surface area contributed by atoms with Gasteiger partial charge in [0.05, 0.1) is 18.7 Å². The summed E-state index contributed by atoms with van der Waals surface area (Å²) in [6.45, 7) is 6.75.